The molecule has 1 saturated carbocycles. The Bertz CT molecular complexity index is 2770. The van der Waals surface area contributed by atoms with Crippen LogP contribution in [0.15, 0.2) is 119 Å². The molecule has 65 heavy (non-hydrogen) atoms. The van der Waals surface area contributed by atoms with E-state index in [0.717, 1.165) is 61.4 Å². The van der Waals surface area contributed by atoms with Crippen LogP contribution < -0.4 is 27.0 Å². The molecule has 1 fully saturated rings. The van der Waals surface area contributed by atoms with Gasteiger partial charge >= 0.3 is 0 Å². The number of benzene rings is 2. The minimum Gasteiger partial charge on any atom is -0.440 e. The number of carbonyl (C=O) groups excluding carboxylic acids is 2. The standard InChI is InChI=1S/C21H18N4O2.C13H14N4O.C8H18N2.C7H4ClNO/c1-13-16(11-21-25-18-5-3-4-6-19(18)27-21)9-17(12-23-13)15-7-8-22-20(10-15)24-14(2)26;1-8-12(14)5-11(7-16-8)10-3-4-15-13(6-10)17-9(2)18;1-9-7-5-3-4-6-8(7)10-2;8-7-9-5-3-1-2-4-6(5)10-7/h3-10,12H,11H2,1-2H3,(H,22,24,26);3-7H,14H2,1-2H3,(H,15,17,18);7-10H,3-6H2,1-2H3;1-4H. The molecule has 1 aliphatic carbocycles. The van der Waals surface area contributed by atoms with Crippen LogP contribution in [-0.2, 0) is 16.0 Å². The lowest BCUT2D eigenvalue weighted by atomic mass is 9.91. The molecule has 6 N–H and O–H groups in total. The molecule has 15 nitrogen and oxygen atoms in total. The Morgan fingerprint density at radius 1 is 0.662 bits per heavy atom. The number of fused-ring (bicyclic) bond motifs is 2. The summed E-state index contributed by atoms with van der Waals surface area (Å²) in [5.74, 6) is 1.38. The second-order valence-electron chi connectivity index (χ2n) is 15.4. The van der Waals surface area contributed by atoms with E-state index in [4.69, 9.17) is 26.2 Å². The summed E-state index contributed by atoms with van der Waals surface area (Å²) in [5.41, 5.74) is 16.1. The van der Waals surface area contributed by atoms with Crippen molar-refractivity contribution in [3.8, 4) is 22.3 Å². The molecule has 336 valence electrons. The van der Waals surface area contributed by atoms with E-state index in [-0.39, 0.29) is 17.2 Å². The van der Waals surface area contributed by atoms with Crippen LogP contribution in [-0.4, -0.2) is 67.9 Å². The Morgan fingerprint density at radius 3 is 1.68 bits per heavy atom. The predicted molar refractivity (Wildman–Crippen MR) is 257 cm³/mol. The molecule has 0 bridgehead atoms. The van der Waals surface area contributed by atoms with Gasteiger partial charge in [0.1, 0.15) is 22.7 Å². The van der Waals surface area contributed by atoms with Crippen LogP contribution in [0.5, 0.6) is 0 Å². The number of nitrogen functional groups attached to an aromatic ring is 1. The minimum atomic E-state index is -0.154. The zero-order valence-electron chi connectivity index (χ0n) is 37.4. The van der Waals surface area contributed by atoms with E-state index in [1.54, 1.807) is 24.7 Å². The Hall–Kier alpha value is -7.07. The van der Waals surface area contributed by atoms with Gasteiger partial charge in [0.25, 0.3) is 5.35 Å². The zero-order chi connectivity index (χ0) is 46.3. The number of amides is 2. The highest BCUT2D eigenvalue weighted by Gasteiger charge is 2.21. The lowest BCUT2D eigenvalue weighted by molar-refractivity contribution is -0.115. The van der Waals surface area contributed by atoms with Gasteiger partial charge in [-0.1, -0.05) is 37.1 Å². The maximum absolute atomic E-state index is 11.3. The number of carbonyl (C=O) groups is 2. The Kier molecular flexibility index (Phi) is 16.8. The lowest BCUT2D eigenvalue weighted by Crippen LogP contribution is -2.47. The van der Waals surface area contributed by atoms with Crippen molar-refractivity contribution in [1.82, 2.24) is 40.5 Å². The molecule has 16 heteroatoms. The molecule has 2 amide bonds. The van der Waals surface area contributed by atoms with Gasteiger partial charge in [-0.2, -0.15) is 4.98 Å². The van der Waals surface area contributed by atoms with E-state index in [2.05, 4.69) is 71.3 Å². The molecule has 8 aromatic rings. The van der Waals surface area contributed by atoms with Gasteiger partial charge in [0.15, 0.2) is 17.1 Å². The second kappa shape index (κ2) is 23.0. The van der Waals surface area contributed by atoms with E-state index >= 15 is 0 Å². The third-order valence-corrected chi connectivity index (χ3v) is 10.7. The average Bonchev–Trinajstić information content (AvgIpc) is 3.90. The van der Waals surface area contributed by atoms with Gasteiger partial charge in [-0.3, -0.25) is 19.6 Å². The molecule has 6 aromatic heterocycles. The number of hydrogen-bond donors (Lipinski definition) is 5. The first-order valence-electron chi connectivity index (χ1n) is 21.2. The summed E-state index contributed by atoms with van der Waals surface area (Å²) < 4.78 is 10.9. The summed E-state index contributed by atoms with van der Waals surface area (Å²) >= 11 is 5.51. The molecule has 9 rings (SSSR count). The quantitative estimate of drug-likeness (QED) is 0.0963. The van der Waals surface area contributed by atoms with Crippen LogP contribution in [0.2, 0.25) is 5.35 Å². The first-order chi connectivity index (χ1) is 31.4. The number of likely N-dealkylation sites (N-methyl/N-ethyl adjacent to an activating group) is 2. The van der Waals surface area contributed by atoms with Gasteiger partial charge in [0, 0.05) is 67.5 Å². The molecular formula is C49H54ClN11O4. The van der Waals surface area contributed by atoms with E-state index < -0.39 is 0 Å². The lowest BCUT2D eigenvalue weighted by Gasteiger charge is -2.30. The summed E-state index contributed by atoms with van der Waals surface area (Å²) in [4.78, 5) is 47.6. The van der Waals surface area contributed by atoms with Crippen molar-refractivity contribution in [1.29, 1.82) is 0 Å². The Labute approximate surface area is 383 Å². The number of anilines is 3. The fourth-order valence-electron chi connectivity index (χ4n) is 7.17. The normalized spacial score (nSPS) is 14.2. The maximum atomic E-state index is 11.3. The van der Waals surface area contributed by atoms with E-state index in [1.807, 2.05) is 92.8 Å². The summed E-state index contributed by atoms with van der Waals surface area (Å²) in [5, 5.41) is 12.2. The second-order valence-corrected chi connectivity index (χ2v) is 15.7. The van der Waals surface area contributed by atoms with Gasteiger partial charge in [-0.25, -0.2) is 15.0 Å². The van der Waals surface area contributed by atoms with Gasteiger partial charge in [0.2, 0.25) is 11.8 Å². The van der Waals surface area contributed by atoms with E-state index in [1.165, 1.54) is 39.5 Å². The van der Waals surface area contributed by atoms with Crippen LogP contribution in [0.3, 0.4) is 0 Å². The molecule has 6 heterocycles. The molecule has 0 radical (unpaired) electrons. The third-order valence-electron chi connectivity index (χ3n) is 10.6. The highest BCUT2D eigenvalue weighted by atomic mass is 35.5. The summed E-state index contributed by atoms with van der Waals surface area (Å²) in [6.45, 7) is 6.73. The monoisotopic (exact) mass is 895 g/mol. The number of oxazole rings is 2. The number of hydrogen-bond acceptors (Lipinski definition) is 13. The van der Waals surface area contributed by atoms with Gasteiger partial charge in [-0.05, 0) is 130 Å². The summed E-state index contributed by atoms with van der Waals surface area (Å²) in [6, 6.07) is 27.9. The third kappa shape index (κ3) is 13.7. The first-order valence-corrected chi connectivity index (χ1v) is 21.6. The molecule has 2 atom stereocenters. The van der Waals surface area contributed by atoms with Crippen molar-refractivity contribution in [2.75, 3.05) is 30.5 Å². The molecule has 1 aliphatic rings. The van der Waals surface area contributed by atoms with Crippen LogP contribution in [0.4, 0.5) is 17.3 Å². The SMILES string of the molecule is CC(=O)Nc1cc(-c2cnc(C)c(Cc3nc4ccccc4o3)c2)ccn1.CC(=O)Nc1cc(-c2cnc(C)c(N)c2)ccn1.CNC1CCCCC1NC.Clc1nc2ccccc2o1. The topological polar surface area (TPSA) is 212 Å². The van der Waals surface area contributed by atoms with Crippen LogP contribution in [0.1, 0.15) is 62.4 Å². The Morgan fingerprint density at radius 2 is 1.17 bits per heavy atom. The van der Waals surface area contributed by atoms with Crippen molar-refractivity contribution < 1.29 is 18.4 Å². The molecule has 2 aromatic carbocycles. The van der Waals surface area contributed by atoms with Gasteiger partial charge in [-0.15, -0.1) is 0 Å². The summed E-state index contributed by atoms with van der Waals surface area (Å²) in [7, 11) is 4.11. The molecular weight excluding hydrogens is 842 g/mol. The largest absolute Gasteiger partial charge is 0.440 e. The first kappa shape index (κ1) is 47.4. The number of nitrogens with one attached hydrogen (secondary N) is 4. The number of aryl methyl sites for hydroxylation is 2. The number of aromatic nitrogens is 6. The van der Waals surface area contributed by atoms with Crippen molar-refractivity contribution in [3.05, 3.63) is 138 Å². The number of para-hydroxylation sites is 4. The number of pyridine rings is 4. The van der Waals surface area contributed by atoms with Crippen molar-refractivity contribution in [2.45, 2.75) is 71.9 Å². The van der Waals surface area contributed by atoms with E-state index in [0.29, 0.717) is 41.7 Å². The van der Waals surface area contributed by atoms with Gasteiger partial charge in [0.05, 0.1) is 17.8 Å². The maximum Gasteiger partial charge on any atom is 0.293 e. The molecule has 0 aliphatic heterocycles. The number of halogens is 1. The van der Waals surface area contributed by atoms with Crippen molar-refractivity contribution >= 4 is 62.9 Å². The number of nitrogens with zero attached hydrogens (tertiary/aromatic N) is 6. The highest BCUT2D eigenvalue weighted by Crippen LogP contribution is 2.26. The highest BCUT2D eigenvalue weighted by molar-refractivity contribution is 6.28. The molecule has 0 saturated heterocycles. The van der Waals surface area contributed by atoms with Crippen LogP contribution in [0, 0.1) is 13.8 Å². The van der Waals surface area contributed by atoms with E-state index in [9.17, 15) is 9.59 Å². The predicted octanol–water partition coefficient (Wildman–Crippen LogP) is 9.35. The van der Waals surface area contributed by atoms with Gasteiger partial charge < -0.3 is 35.8 Å². The Balaban J connectivity index is 0.000000158. The van der Waals surface area contributed by atoms with Crippen molar-refractivity contribution in [3.63, 3.8) is 0 Å². The van der Waals surface area contributed by atoms with Crippen LogP contribution in [0.25, 0.3) is 44.5 Å². The van der Waals surface area contributed by atoms with Crippen molar-refractivity contribution in [2.24, 2.45) is 0 Å². The number of rotatable bonds is 8. The fraction of sp³-hybridized carbons (Fsp3) is 0.265. The molecule has 2 unspecified atom stereocenters. The smallest absolute Gasteiger partial charge is 0.293 e. The average molecular weight is 896 g/mol. The zero-order valence-corrected chi connectivity index (χ0v) is 38.1. The molecule has 0 spiro atoms. The fourth-order valence-corrected chi connectivity index (χ4v) is 7.34. The minimum absolute atomic E-state index is 0.152. The number of nitrogens with two attached hydrogens (primary N) is 1. The summed E-state index contributed by atoms with van der Waals surface area (Å²) in [6.07, 6.45) is 12.9. The van der Waals surface area contributed by atoms with Crippen LogP contribution >= 0.6 is 11.6 Å².